The topological polar surface area (TPSA) is 66.4 Å². The lowest BCUT2D eigenvalue weighted by molar-refractivity contribution is -0.120. The second-order valence-electron chi connectivity index (χ2n) is 6.00. The summed E-state index contributed by atoms with van der Waals surface area (Å²) in [5.41, 5.74) is -1.33. The molecule has 0 aromatic heterocycles. The number of carbonyl (C=O) groups is 2. The number of carboxylic acids is 1. The van der Waals surface area contributed by atoms with Crippen molar-refractivity contribution in [3.63, 3.8) is 0 Å². The van der Waals surface area contributed by atoms with Gasteiger partial charge in [-0.15, -0.1) is 0 Å². The van der Waals surface area contributed by atoms with Crippen LogP contribution in [0.2, 0.25) is 0 Å². The summed E-state index contributed by atoms with van der Waals surface area (Å²) in [5, 5.41) is 11.1. The van der Waals surface area contributed by atoms with Crippen molar-refractivity contribution >= 4 is 11.9 Å². The molecule has 22 heavy (non-hydrogen) atoms. The van der Waals surface area contributed by atoms with Crippen molar-refractivity contribution in [1.82, 2.24) is 5.32 Å². The molecule has 1 aromatic carbocycles. The number of carboxylic acid groups (broad SMARTS) is 1. The number of hydrogen-bond acceptors (Lipinski definition) is 2. The van der Waals surface area contributed by atoms with Crippen LogP contribution in [0.15, 0.2) is 18.2 Å². The van der Waals surface area contributed by atoms with Gasteiger partial charge in [0, 0.05) is 12.0 Å². The molecule has 0 saturated heterocycles. The third-order valence-electron chi connectivity index (χ3n) is 4.22. The molecule has 0 spiro atoms. The number of nitrogens with one attached hydrogen (secondary N) is 1. The fourth-order valence-electron chi connectivity index (χ4n) is 2.45. The standard InChI is InChI=1S/C15H16F3NO3/c1-14(2)11(15(14,17)18)7-19-12(20)6-8-3-4-9(13(21)22)10(16)5-8/h3-5,11H,6-7H2,1-2H3,(H,19,20)(H,21,22). The van der Waals surface area contributed by atoms with Crippen molar-refractivity contribution in [2.45, 2.75) is 26.2 Å². The molecule has 1 amide bonds. The van der Waals surface area contributed by atoms with Crippen molar-refractivity contribution in [3.8, 4) is 0 Å². The fraction of sp³-hybridized carbons (Fsp3) is 0.467. The van der Waals surface area contributed by atoms with Gasteiger partial charge in [-0.25, -0.2) is 18.0 Å². The zero-order chi connectivity index (χ0) is 16.7. The van der Waals surface area contributed by atoms with Crippen molar-refractivity contribution in [2.24, 2.45) is 11.3 Å². The van der Waals surface area contributed by atoms with E-state index in [0.717, 1.165) is 12.1 Å². The first-order valence-electron chi connectivity index (χ1n) is 6.73. The molecule has 2 N–H and O–H groups in total. The van der Waals surface area contributed by atoms with E-state index in [1.54, 1.807) is 0 Å². The lowest BCUT2D eigenvalue weighted by Crippen LogP contribution is -2.28. The summed E-state index contributed by atoms with van der Waals surface area (Å²) >= 11 is 0. The summed E-state index contributed by atoms with van der Waals surface area (Å²) in [6, 6.07) is 3.35. The Hall–Kier alpha value is -2.05. The maximum atomic E-state index is 13.5. The Morgan fingerprint density at radius 2 is 1.91 bits per heavy atom. The average Bonchev–Trinajstić information content (AvgIpc) is 2.76. The van der Waals surface area contributed by atoms with Crippen LogP contribution >= 0.6 is 0 Å². The third-order valence-corrected chi connectivity index (χ3v) is 4.22. The molecular formula is C15H16F3NO3. The van der Waals surface area contributed by atoms with Gasteiger partial charge < -0.3 is 10.4 Å². The number of carbonyl (C=O) groups excluding carboxylic acids is 1. The van der Waals surface area contributed by atoms with Gasteiger partial charge in [0.2, 0.25) is 5.91 Å². The first-order valence-corrected chi connectivity index (χ1v) is 6.73. The van der Waals surface area contributed by atoms with E-state index < -0.39 is 40.5 Å². The van der Waals surface area contributed by atoms with Crippen LogP contribution in [0.5, 0.6) is 0 Å². The molecule has 1 unspecified atom stereocenters. The molecule has 1 saturated carbocycles. The molecule has 1 aromatic rings. The minimum Gasteiger partial charge on any atom is -0.478 e. The van der Waals surface area contributed by atoms with Gasteiger partial charge in [0.15, 0.2) is 0 Å². The Balaban J connectivity index is 1.91. The lowest BCUT2D eigenvalue weighted by Gasteiger charge is -2.06. The SMILES string of the molecule is CC1(C)C(CNC(=O)Cc2ccc(C(=O)O)c(F)c2)C1(F)F. The minimum atomic E-state index is -2.80. The molecule has 1 aliphatic carbocycles. The Kier molecular flexibility index (Phi) is 3.93. The van der Waals surface area contributed by atoms with E-state index in [2.05, 4.69) is 5.32 Å². The van der Waals surface area contributed by atoms with Crippen molar-refractivity contribution < 1.29 is 27.9 Å². The van der Waals surface area contributed by atoms with Crippen LogP contribution < -0.4 is 5.32 Å². The number of amides is 1. The molecule has 1 aliphatic rings. The van der Waals surface area contributed by atoms with E-state index in [0.29, 0.717) is 0 Å². The first kappa shape index (κ1) is 16.3. The highest BCUT2D eigenvalue weighted by atomic mass is 19.3. The summed E-state index contributed by atoms with van der Waals surface area (Å²) in [4.78, 5) is 22.4. The van der Waals surface area contributed by atoms with E-state index >= 15 is 0 Å². The zero-order valence-electron chi connectivity index (χ0n) is 12.1. The zero-order valence-corrected chi connectivity index (χ0v) is 12.1. The van der Waals surface area contributed by atoms with Gasteiger partial charge >= 0.3 is 5.97 Å². The molecule has 0 bridgehead atoms. The Morgan fingerprint density at radius 1 is 1.32 bits per heavy atom. The number of rotatable bonds is 5. The fourth-order valence-corrected chi connectivity index (χ4v) is 2.45. The maximum absolute atomic E-state index is 13.5. The van der Waals surface area contributed by atoms with Gasteiger partial charge in [-0.1, -0.05) is 19.9 Å². The smallest absolute Gasteiger partial charge is 0.338 e. The van der Waals surface area contributed by atoms with Gasteiger partial charge in [0.05, 0.1) is 17.9 Å². The number of aromatic carboxylic acids is 1. The van der Waals surface area contributed by atoms with Crippen LogP contribution in [0.25, 0.3) is 0 Å². The second-order valence-corrected chi connectivity index (χ2v) is 6.00. The van der Waals surface area contributed by atoms with Crippen LogP contribution in [0, 0.1) is 17.2 Å². The van der Waals surface area contributed by atoms with E-state index in [1.807, 2.05) is 0 Å². The second kappa shape index (κ2) is 5.30. The highest BCUT2D eigenvalue weighted by molar-refractivity contribution is 5.88. The van der Waals surface area contributed by atoms with Crippen molar-refractivity contribution in [1.29, 1.82) is 0 Å². The Labute approximate surface area is 125 Å². The molecule has 0 radical (unpaired) electrons. The monoisotopic (exact) mass is 315 g/mol. The molecular weight excluding hydrogens is 299 g/mol. The quantitative estimate of drug-likeness (QED) is 0.877. The van der Waals surface area contributed by atoms with Crippen LogP contribution in [0.3, 0.4) is 0 Å². The number of benzene rings is 1. The van der Waals surface area contributed by atoms with Crippen LogP contribution in [0.4, 0.5) is 13.2 Å². The predicted molar refractivity (Wildman–Crippen MR) is 72.3 cm³/mol. The summed E-state index contributed by atoms with van der Waals surface area (Å²) in [5.74, 6) is -6.55. The molecule has 120 valence electrons. The van der Waals surface area contributed by atoms with E-state index in [-0.39, 0.29) is 18.5 Å². The molecule has 1 fully saturated rings. The minimum absolute atomic E-state index is 0.144. The lowest BCUT2D eigenvalue weighted by atomic mass is 10.1. The summed E-state index contributed by atoms with van der Waals surface area (Å²) in [6.07, 6.45) is -0.199. The predicted octanol–water partition coefficient (Wildman–Crippen LogP) is 2.47. The highest BCUT2D eigenvalue weighted by Crippen LogP contribution is 2.65. The van der Waals surface area contributed by atoms with Gasteiger partial charge in [-0.05, 0) is 17.7 Å². The van der Waals surface area contributed by atoms with Crippen molar-refractivity contribution in [3.05, 3.63) is 35.1 Å². The Morgan fingerprint density at radius 3 is 2.36 bits per heavy atom. The molecule has 4 nitrogen and oxygen atoms in total. The molecule has 1 atom stereocenters. The number of hydrogen-bond donors (Lipinski definition) is 2. The largest absolute Gasteiger partial charge is 0.478 e. The average molecular weight is 315 g/mol. The van der Waals surface area contributed by atoms with Gasteiger partial charge in [0.25, 0.3) is 5.92 Å². The first-order chi connectivity index (χ1) is 10.1. The normalized spacial score (nSPS) is 21.2. The highest BCUT2D eigenvalue weighted by Gasteiger charge is 2.74. The third kappa shape index (κ3) is 2.80. The van der Waals surface area contributed by atoms with Crippen LogP contribution in [-0.2, 0) is 11.2 Å². The van der Waals surface area contributed by atoms with E-state index in [4.69, 9.17) is 5.11 Å². The molecule has 2 rings (SSSR count). The van der Waals surface area contributed by atoms with E-state index in [9.17, 15) is 22.8 Å². The van der Waals surface area contributed by atoms with E-state index in [1.165, 1.54) is 19.9 Å². The van der Waals surface area contributed by atoms with Gasteiger partial charge in [-0.3, -0.25) is 4.79 Å². The molecule has 0 heterocycles. The number of alkyl halides is 2. The summed E-state index contributed by atoms with van der Waals surface area (Å²) in [7, 11) is 0. The van der Waals surface area contributed by atoms with Crippen molar-refractivity contribution in [2.75, 3.05) is 6.54 Å². The van der Waals surface area contributed by atoms with Crippen LogP contribution in [0.1, 0.15) is 29.8 Å². The molecule has 0 aliphatic heterocycles. The molecule has 7 heteroatoms. The van der Waals surface area contributed by atoms with Gasteiger partial charge in [0.1, 0.15) is 5.82 Å². The van der Waals surface area contributed by atoms with Gasteiger partial charge in [-0.2, -0.15) is 0 Å². The maximum Gasteiger partial charge on any atom is 0.338 e. The summed E-state index contributed by atoms with van der Waals surface area (Å²) in [6.45, 7) is 2.72. The number of halogens is 3. The summed E-state index contributed by atoms with van der Waals surface area (Å²) < 4.78 is 40.2. The Bertz CT molecular complexity index is 614. The van der Waals surface area contributed by atoms with Crippen LogP contribution in [-0.4, -0.2) is 29.5 Å².